The van der Waals surface area contributed by atoms with Crippen LogP contribution in [-0.4, -0.2) is 13.1 Å². The van der Waals surface area contributed by atoms with Crippen molar-refractivity contribution in [3.05, 3.63) is 0 Å². The third-order valence-corrected chi connectivity index (χ3v) is 4.10. The van der Waals surface area contributed by atoms with Crippen molar-refractivity contribution in [1.29, 1.82) is 0 Å². The molecule has 1 nitrogen and oxygen atoms in total. The van der Waals surface area contributed by atoms with Crippen molar-refractivity contribution in [3.63, 3.8) is 0 Å². The van der Waals surface area contributed by atoms with Crippen molar-refractivity contribution in [1.82, 2.24) is 5.32 Å². The average Bonchev–Trinajstić information content (AvgIpc) is 2.40. The van der Waals surface area contributed by atoms with Crippen molar-refractivity contribution in [2.45, 2.75) is 98.3 Å². The van der Waals surface area contributed by atoms with Gasteiger partial charge in [0.25, 0.3) is 0 Å². The van der Waals surface area contributed by atoms with Crippen LogP contribution in [-0.2, 0) is 0 Å². The van der Waals surface area contributed by atoms with Gasteiger partial charge < -0.3 is 5.32 Å². The second kappa shape index (κ2) is 15.4. The summed E-state index contributed by atoms with van der Waals surface area (Å²) in [4.78, 5) is 0. The molecular formula is C19H41N. The lowest BCUT2D eigenvalue weighted by Crippen LogP contribution is -2.25. The molecule has 0 bridgehead atoms. The van der Waals surface area contributed by atoms with Crippen molar-refractivity contribution < 1.29 is 0 Å². The van der Waals surface area contributed by atoms with E-state index in [0.29, 0.717) is 0 Å². The highest BCUT2D eigenvalue weighted by molar-refractivity contribution is 4.59. The molecule has 0 spiro atoms. The van der Waals surface area contributed by atoms with Crippen LogP contribution in [0.25, 0.3) is 0 Å². The molecule has 0 aromatic rings. The highest BCUT2D eigenvalue weighted by Crippen LogP contribution is 2.13. The summed E-state index contributed by atoms with van der Waals surface area (Å²) in [6.07, 6.45) is 15.9. The second-order valence-electron chi connectivity index (χ2n) is 7.13. The van der Waals surface area contributed by atoms with E-state index in [0.717, 1.165) is 11.8 Å². The van der Waals surface area contributed by atoms with E-state index in [-0.39, 0.29) is 0 Å². The van der Waals surface area contributed by atoms with Crippen LogP contribution in [0.4, 0.5) is 0 Å². The topological polar surface area (TPSA) is 12.0 Å². The summed E-state index contributed by atoms with van der Waals surface area (Å²) in [6, 6.07) is 0. The van der Waals surface area contributed by atoms with Crippen LogP contribution in [0.3, 0.4) is 0 Å². The molecule has 122 valence electrons. The first kappa shape index (κ1) is 20.0. The minimum atomic E-state index is 0.777. The molecule has 0 saturated heterocycles. The number of nitrogens with one attached hydrogen (secondary N) is 1. The SMILES string of the molecule is CCCCCCCCCCCCC(C)CNCC(C)C. The molecule has 0 heterocycles. The quantitative estimate of drug-likeness (QED) is 0.354. The van der Waals surface area contributed by atoms with Crippen LogP contribution >= 0.6 is 0 Å². The monoisotopic (exact) mass is 283 g/mol. The smallest absolute Gasteiger partial charge is 0.00230 e. The number of hydrogen-bond acceptors (Lipinski definition) is 1. The molecule has 0 aliphatic heterocycles. The van der Waals surface area contributed by atoms with Gasteiger partial charge in [-0.1, -0.05) is 91.9 Å². The molecule has 0 aliphatic carbocycles. The van der Waals surface area contributed by atoms with Crippen LogP contribution in [0.1, 0.15) is 98.3 Å². The fourth-order valence-corrected chi connectivity index (χ4v) is 2.70. The van der Waals surface area contributed by atoms with E-state index >= 15 is 0 Å². The highest BCUT2D eigenvalue weighted by atomic mass is 14.9. The summed E-state index contributed by atoms with van der Waals surface area (Å²) in [5.74, 6) is 1.63. The summed E-state index contributed by atoms with van der Waals surface area (Å²) < 4.78 is 0. The van der Waals surface area contributed by atoms with Crippen molar-refractivity contribution in [3.8, 4) is 0 Å². The Hall–Kier alpha value is -0.0400. The summed E-state index contributed by atoms with van der Waals surface area (Å²) in [5, 5.41) is 3.57. The van der Waals surface area contributed by atoms with Crippen molar-refractivity contribution in [2.75, 3.05) is 13.1 Å². The Morgan fingerprint density at radius 2 is 1.15 bits per heavy atom. The first-order valence-corrected chi connectivity index (χ1v) is 9.37. The summed E-state index contributed by atoms with van der Waals surface area (Å²) in [5.41, 5.74) is 0. The van der Waals surface area contributed by atoms with Gasteiger partial charge in [0.2, 0.25) is 0 Å². The van der Waals surface area contributed by atoms with Gasteiger partial charge in [-0.05, 0) is 31.3 Å². The third-order valence-electron chi connectivity index (χ3n) is 4.10. The van der Waals surface area contributed by atoms with Gasteiger partial charge in [0, 0.05) is 0 Å². The number of hydrogen-bond donors (Lipinski definition) is 1. The minimum absolute atomic E-state index is 0.777. The van der Waals surface area contributed by atoms with Crippen LogP contribution < -0.4 is 5.32 Å². The predicted molar refractivity (Wildman–Crippen MR) is 93.3 cm³/mol. The molecular weight excluding hydrogens is 242 g/mol. The third kappa shape index (κ3) is 16.0. The Balaban J connectivity index is 3.11. The molecule has 0 radical (unpaired) electrons. The van der Waals surface area contributed by atoms with E-state index in [1.54, 1.807) is 0 Å². The maximum atomic E-state index is 3.57. The normalized spacial score (nSPS) is 13.1. The Morgan fingerprint density at radius 1 is 0.650 bits per heavy atom. The molecule has 0 aromatic heterocycles. The predicted octanol–water partition coefficient (Wildman–Crippen LogP) is 6.18. The molecule has 0 aliphatic rings. The van der Waals surface area contributed by atoms with E-state index in [9.17, 15) is 0 Å². The first-order chi connectivity index (χ1) is 9.66. The van der Waals surface area contributed by atoms with Crippen molar-refractivity contribution in [2.24, 2.45) is 11.8 Å². The molecule has 0 rings (SSSR count). The Bertz CT molecular complexity index is 177. The first-order valence-electron chi connectivity index (χ1n) is 9.37. The van der Waals surface area contributed by atoms with Gasteiger partial charge in [0.1, 0.15) is 0 Å². The molecule has 0 aromatic carbocycles. The molecule has 0 amide bonds. The zero-order valence-electron chi connectivity index (χ0n) is 14.8. The fourth-order valence-electron chi connectivity index (χ4n) is 2.70. The Labute approximate surface area is 129 Å². The van der Waals surface area contributed by atoms with E-state index in [4.69, 9.17) is 0 Å². The molecule has 1 unspecified atom stereocenters. The molecule has 1 atom stereocenters. The molecule has 1 heteroatoms. The van der Waals surface area contributed by atoms with Gasteiger partial charge in [-0.2, -0.15) is 0 Å². The maximum absolute atomic E-state index is 3.57. The zero-order valence-corrected chi connectivity index (χ0v) is 14.8. The van der Waals surface area contributed by atoms with E-state index in [1.165, 1.54) is 83.7 Å². The zero-order chi connectivity index (χ0) is 15.1. The Kier molecular flexibility index (Phi) is 15.3. The molecule has 1 N–H and O–H groups in total. The van der Waals surface area contributed by atoms with Gasteiger partial charge in [-0.25, -0.2) is 0 Å². The van der Waals surface area contributed by atoms with Gasteiger partial charge >= 0.3 is 0 Å². The van der Waals surface area contributed by atoms with E-state index in [2.05, 4.69) is 33.0 Å². The number of rotatable bonds is 15. The molecule has 20 heavy (non-hydrogen) atoms. The maximum Gasteiger partial charge on any atom is -0.00230 e. The minimum Gasteiger partial charge on any atom is -0.316 e. The lowest BCUT2D eigenvalue weighted by Gasteiger charge is -2.13. The Morgan fingerprint density at radius 3 is 1.65 bits per heavy atom. The van der Waals surface area contributed by atoms with Crippen LogP contribution in [0.2, 0.25) is 0 Å². The average molecular weight is 284 g/mol. The standard InChI is InChI=1S/C19H41N/c1-5-6-7-8-9-10-11-12-13-14-15-19(4)17-20-16-18(2)3/h18-20H,5-17H2,1-4H3. The summed E-state index contributed by atoms with van der Waals surface area (Å²) in [7, 11) is 0. The van der Waals surface area contributed by atoms with Gasteiger partial charge in [-0.15, -0.1) is 0 Å². The molecule has 0 saturated carbocycles. The lowest BCUT2D eigenvalue weighted by atomic mass is 10.0. The summed E-state index contributed by atoms with van der Waals surface area (Å²) >= 11 is 0. The van der Waals surface area contributed by atoms with Gasteiger partial charge in [0.05, 0.1) is 0 Å². The van der Waals surface area contributed by atoms with Gasteiger partial charge in [-0.3, -0.25) is 0 Å². The van der Waals surface area contributed by atoms with Crippen LogP contribution in [0.5, 0.6) is 0 Å². The number of unbranched alkanes of at least 4 members (excludes halogenated alkanes) is 9. The highest BCUT2D eigenvalue weighted by Gasteiger charge is 2.02. The van der Waals surface area contributed by atoms with E-state index in [1.807, 2.05) is 0 Å². The van der Waals surface area contributed by atoms with Gasteiger partial charge in [0.15, 0.2) is 0 Å². The van der Waals surface area contributed by atoms with Crippen LogP contribution in [0, 0.1) is 11.8 Å². The second-order valence-corrected chi connectivity index (χ2v) is 7.13. The molecule has 0 fully saturated rings. The van der Waals surface area contributed by atoms with Crippen LogP contribution in [0.15, 0.2) is 0 Å². The van der Waals surface area contributed by atoms with E-state index < -0.39 is 0 Å². The fraction of sp³-hybridized carbons (Fsp3) is 1.00. The lowest BCUT2D eigenvalue weighted by molar-refractivity contribution is 0.432. The summed E-state index contributed by atoms with van der Waals surface area (Å²) in [6.45, 7) is 11.6. The van der Waals surface area contributed by atoms with Crippen molar-refractivity contribution >= 4 is 0 Å². The largest absolute Gasteiger partial charge is 0.316 e.